The number of furan rings is 1. The van der Waals surface area contributed by atoms with E-state index in [1.807, 2.05) is 12.1 Å². The summed E-state index contributed by atoms with van der Waals surface area (Å²) in [5.74, 6) is 0.737. The van der Waals surface area contributed by atoms with Gasteiger partial charge in [-0.1, -0.05) is 105 Å². The molecule has 0 saturated heterocycles. The molecule has 0 aliphatic heterocycles. The fourth-order valence-electron chi connectivity index (χ4n) is 7.75. The van der Waals surface area contributed by atoms with Gasteiger partial charge >= 0.3 is 0 Å². The predicted molar refractivity (Wildman–Crippen MR) is 192 cm³/mol. The first kappa shape index (κ1) is 26.2. The second kappa shape index (κ2) is 9.51. The maximum absolute atomic E-state index is 6.49. The molecule has 0 radical (unpaired) electrons. The minimum atomic E-state index is -0.238. The number of rotatable bonds is 3. The molecule has 0 amide bonds. The molecule has 3 aromatic heterocycles. The average molecular weight is 604 g/mol. The molecule has 0 saturated carbocycles. The van der Waals surface area contributed by atoms with Crippen molar-refractivity contribution in [3.8, 4) is 39.5 Å². The predicted octanol–water partition coefficient (Wildman–Crippen LogP) is 11.1. The molecule has 47 heavy (non-hydrogen) atoms. The quantitative estimate of drug-likeness (QED) is 0.202. The minimum Gasteiger partial charge on any atom is -0.455 e. The van der Waals surface area contributed by atoms with E-state index in [4.69, 9.17) is 14.4 Å². The Balaban J connectivity index is 1.16. The Morgan fingerprint density at radius 3 is 2.15 bits per heavy atom. The van der Waals surface area contributed by atoms with Gasteiger partial charge in [-0.3, -0.25) is 0 Å². The number of hydrogen-bond donors (Lipinski definition) is 0. The molecule has 4 heteroatoms. The van der Waals surface area contributed by atoms with E-state index in [-0.39, 0.29) is 5.41 Å². The lowest BCUT2D eigenvalue weighted by atomic mass is 9.85. The van der Waals surface area contributed by atoms with Crippen LogP contribution in [0.5, 0.6) is 0 Å². The average Bonchev–Trinajstić information content (AvgIpc) is 3.74. The largest absolute Gasteiger partial charge is 0.455 e. The van der Waals surface area contributed by atoms with Gasteiger partial charge < -0.3 is 8.98 Å². The lowest BCUT2D eigenvalue weighted by Crippen LogP contribution is -2.17. The number of benzene rings is 6. The van der Waals surface area contributed by atoms with Crippen LogP contribution in [0.2, 0.25) is 0 Å². The van der Waals surface area contributed by atoms with E-state index in [2.05, 4.69) is 146 Å². The van der Waals surface area contributed by atoms with Gasteiger partial charge in [0.05, 0.1) is 27.8 Å². The number of fused-ring (bicyclic) bond motifs is 10. The molecule has 0 atom stereocenters. The van der Waals surface area contributed by atoms with Crippen molar-refractivity contribution in [2.45, 2.75) is 19.3 Å². The van der Waals surface area contributed by atoms with E-state index in [0.717, 1.165) is 77.9 Å². The molecule has 0 spiro atoms. The summed E-state index contributed by atoms with van der Waals surface area (Å²) in [6.07, 6.45) is 0. The number of aromatic nitrogens is 3. The Kier molecular flexibility index (Phi) is 5.31. The molecule has 0 bridgehead atoms. The summed E-state index contributed by atoms with van der Waals surface area (Å²) in [7, 11) is 0. The highest BCUT2D eigenvalue weighted by molar-refractivity contribution is 6.23. The second-order valence-corrected chi connectivity index (χ2v) is 13.0. The zero-order valence-electron chi connectivity index (χ0n) is 26.0. The number of nitrogens with zero attached hydrogens (tertiary/aromatic N) is 3. The first-order valence-corrected chi connectivity index (χ1v) is 16.1. The van der Waals surface area contributed by atoms with E-state index in [9.17, 15) is 0 Å². The van der Waals surface area contributed by atoms with Crippen molar-refractivity contribution in [1.82, 2.24) is 14.5 Å². The molecule has 1 aliphatic carbocycles. The molecular weight excluding hydrogens is 574 g/mol. The van der Waals surface area contributed by atoms with Gasteiger partial charge in [-0.2, -0.15) is 0 Å². The van der Waals surface area contributed by atoms with Crippen LogP contribution in [-0.4, -0.2) is 14.5 Å². The summed E-state index contributed by atoms with van der Waals surface area (Å²) in [5, 5.41) is 4.59. The smallest absolute Gasteiger partial charge is 0.160 e. The summed E-state index contributed by atoms with van der Waals surface area (Å²) in [6, 6.07) is 49.1. The van der Waals surface area contributed by atoms with Crippen molar-refractivity contribution in [3.63, 3.8) is 0 Å². The van der Waals surface area contributed by atoms with Gasteiger partial charge in [0.2, 0.25) is 0 Å². The van der Waals surface area contributed by atoms with Crippen LogP contribution >= 0.6 is 0 Å². The normalized spacial score (nSPS) is 13.5. The molecule has 4 nitrogen and oxygen atoms in total. The fraction of sp³-hybridized carbons (Fsp3) is 0.0698. The molecule has 3 heterocycles. The van der Waals surface area contributed by atoms with Crippen LogP contribution in [0.1, 0.15) is 25.1 Å². The highest BCUT2D eigenvalue weighted by Crippen LogP contribution is 2.51. The minimum absolute atomic E-state index is 0.238. The maximum Gasteiger partial charge on any atom is 0.160 e. The zero-order valence-corrected chi connectivity index (χ0v) is 26.0. The topological polar surface area (TPSA) is 43.9 Å². The monoisotopic (exact) mass is 603 g/mol. The lowest BCUT2D eigenvalue weighted by molar-refractivity contribution is 0.636. The summed E-state index contributed by atoms with van der Waals surface area (Å²) in [4.78, 5) is 10.6. The van der Waals surface area contributed by atoms with E-state index in [1.54, 1.807) is 0 Å². The van der Waals surface area contributed by atoms with Crippen LogP contribution in [0.3, 0.4) is 0 Å². The first-order valence-electron chi connectivity index (χ1n) is 16.1. The van der Waals surface area contributed by atoms with Crippen LogP contribution in [-0.2, 0) is 5.41 Å². The van der Waals surface area contributed by atoms with Crippen molar-refractivity contribution in [2.75, 3.05) is 0 Å². The van der Waals surface area contributed by atoms with Gasteiger partial charge in [0.25, 0.3) is 0 Å². The SMILES string of the molecule is CC1(C)c2ccccc2-c2c(-c3ccccc3)nc(-c3ccc(-n4c5ccccc5c5c6oc7ccccc7c6ccc54)cc3)nc21. The van der Waals surface area contributed by atoms with Crippen molar-refractivity contribution in [1.29, 1.82) is 0 Å². The molecule has 9 aromatic rings. The van der Waals surface area contributed by atoms with Crippen molar-refractivity contribution in [3.05, 3.63) is 151 Å². The third-order valence-corrected chi connectivity index (χ3v) is 9.98. The van der Waals surface area contributed by atoms with Gasteiger partial charge in [-0.15, -0.1) is 0 Å². The van der Waals surface area contributed by atoms with Gasteiger partial charge in [0.15, 0.2) is 5.82 Å². The summed E-state index contributed by atoms with van der Waals surface area (Å²) >= 11 is 0. The molecule has 6 aromatic carbocycles. The summed E-state index contributed by atoms with van der Waals surface area (Å²) in [5.41, 5.74) is 12.7. The Bertz CT molecular complexity index is 2700. The Morgan fingerprint density at radius 2 is 1.30 bits per heavy atom. The number of hydrogen-bond acceptors (Lipinski definition) is 3. The fourth-order valence-corrected chi connectivity index (χ4v) is 7.75. The van der Waals surface area contributed by atoms with Gasteiger partial charge in [0.1, 0.15) is 11.2 Å². The van der Waals surface area contributed by atoms with Crippen LogP contribution in [0, 0.1) is 0 Å². The molecule has 0 fully saturated rings. The molecular formula is C43H29N3O. The highest BCUT2D eigenvalue weighted by atomic mass is 16.3. The van der Waals surface area contributed by atoms with E-state index >= 15 is 0 Å². The Hall–Kier alpha value is -6.00. The molecule has 0 unspecified atom stereocenters. The lowest BCUT2D eigenvalue weighted by Gasteiger charge is -2.21. The van der Waals surface area contributed by atoms with Gasteiger partial charge in [0, 0.05) is 44.0 Å². The third kappa shape index (κ3) is 3.64. The zero-order chi connectivity index (χ0) is 31.3. The molecule has 222 valence electrons. The maximum atomic E-state index is 6.49. The van der Waals surface area contributed by atoms with Gasteiger partial charge in [-0.05, 0) is 59.7 Å². The standard InChI is InChI=1S/C43H29N3O/c1-43(2)33-17-9-6-15-31(33)38-39(26-12-4-3-5-13-26)44-42(45-41(38)43)27-20-22-28(23-21-27)46-34-18-10-7-16-32(34)37-35(46)25-24-30-29-14-8-11-19-36(29)47-40(30)37/h3-25H,1-2H3. The van der Waals surface area contributed by atoms with Crippen LogP contribution in [0.4, 0.5) is 0 Å². The van der Waals surface area contributed by atoms with Crippen molar-refractivity contribution >= 4 is 43.7 Å². The molecule has 1 aliphatic rings. The van der Waals surface area contributed by atoms with Crippen LogP contribution in [0.15, 0.2) is 144 Å². The second-order valence-electron chi connectivity index (χ2n) is 13.0. The summed E-state index contributed by atoms with van der Waals surface area (Å²) in [6.45, 7) is 4.54. The number of para-hydroxylation sites is 2. The summed E-state index contributed by atoms with van der Waals surface area (Å²) < 4.78 is 8.83. The van der Waals surface area contributed by atoms with Crippen LogP contribution in [0.25, 0.3) is 83.2 Å². The van der Waals surface area contributed by atoms with E-state index in [0.29, 0.717) is 0 Å². The molecule has 0 N–H and O–H groups in total. The van der Waals surface area contributed by atoms with Crippen molar-refractivity contribution < 1.29 is 4.42 Å². The van der Waals surface area contributed by atoms with Crippen molar-refractivity contribution in [2.24, 2.45) is 0 Å². The van der Waals surface area contributed by atoms with Crippen LogP contribution < -0.4 is 0 Å². The first-order chi connectivity index (χ1) is 23.1. The van der Waals surface area contributed by atoms with E-state index in [1.165, 1.54) is 16.5 Å². The van der Waals surface area contributed by atoms with Gasteiger partial charge in [-0.25, -0.2) is 9.97 Å². The Labute approximate surface area is 271 Å². The Morgan fingerprint density at radius 1 is 0.574 bits per heavy atom. The molecule has 10 rings (SSSR count). The van der Waals surface area contributed by atoms with E-state index < -0.39 is 0 Å². The third-order valence-electron chi connectivity index (χ3n) is 9.98. The highest BCUT2D eigenvalue weighted by Gasteiger charge is 2.39.